The van der Waals surface area contributed by atoms with E-state index in [4.69, 9.17) is 0 Å². The van der Waals surface area contributed by atoms with Crippen molar-refractivity contribution >= 4 is 11.6 Å². The highest BCUT2D eigenvalue weighted by Crippen LogP contribution is 2.28. The molecule has 2 atom stereocenters. The first-order valence-corrected chi connectivity index (χ1v) is 8.07. The van der Waals surface area contributed by atoms with Crippen molar-refractivity contribution in [1.29, 1.82) is 0 Å². The Morgan fingerprint density at radius 1 is 1.20 bits per heavy atom. The van der Waals surface area contributed by atoms with Crippen molar-refractivity contribution in [2.45, 2.75) is 64.8 Å². The third kappa shape index (κ3) is 4.09. The van der Waals surface area contributed by atoms with E-state index in [1.165, 1.54) is 32.1 Å². The molecule has 20 heavy (non-hydrogen) atoms. The van der Waals surface area contributed by atoms with Gasteiger partial charge >= 0.3 is 0 Å². The van der Waals surface area contributed by atoms with Gasteiger partial charge < -0.3 is 10.6 Å². The van der Waals surface area contributed by atoms with Crippen molar-refractivity contribution in [3.63, 3.8) is 0 Å². The molecule has 1 saturated carbocycles. The molecule has 1 aliphatic rings. The quantitative estimate of drug-likeness (QED) is 0.828. The Morgan fingerprint density at radius 2 is 2.00 bits per heavy atom. The zero-order chi connectivity index (χ0) is 14.4. The van der Waals surface area contributed by atoms with Gasteiger partial charge in [0.15, 0.2) is 0 Å². The van der Waals surface area contributed by atoms with Gasteiger partial charge in [-0.25, -0.2) is 9.97 Å². The van der Waals surface area contributed by atoms with Crippen LogP contribution in [0.5, 0.6) is 0 Å². The van der Waals surface area contributed by atoms with E-state index in [2.05, 4.69) is 34.4 Å². The molecule has 1 heterocycles. The summed E-state index contributed by atoms with van der Waals surface area (Å²) in [6, 6.07) is 2.59. The van der Waals surface area contributed by atoms with Crippen LogP contribution >= 0.6 is 0 Å². The van der Waals surface area contributed by atoms with Crippen molar-refractivity contribution < 1.29 is 0 Å². The fourth-order valence-electron chi connectivity index (χ4n) is 3.04. The number of anilines is 2. The highest BCUT2D eigenvalue weighted by molar-refractivity contribution is 5.47. The second kappa shape index (κ2) is 7.46. The highest BCUT2D eigenvalue weighted by atomic mass is 15.1. The zero-order valence-corrected chi connectivity index (χ0v) is 13.1. The van der Waals surface area contributed by atoms with Gasteiger partial charge in [-0.15, -0.1) is 0 Å². The maximum atomic E-state index is 4.65. The van der Waals surface area contributed by atoms with E-state index >= 15 is 0 Å². The van der Waals surface area contributed by atoms with Crippen LogP contribution in [0.3, 0.4) is 0 Å². The third-order valence-corrected chi connectivity index (χ3v) is 4.21. The maximum absolute atomic E-state index is 4.65. The minimum absolute atomic E-state index is 0.572. The molecule has 2 unspecified atom stereocenters. The van der Waals surface area contributed by atoms with Gasteiger partial charge in [-0.2, -0.15) is 0 Å². The molecule has 112 valence electrons. The molecule has 0 bridgehead atoms. The van der Waals surface area contributed by atoms with Crippen LogP contribution in [0.15, 0.2) is 6.07 Å². The predicted molar refractivity (Wildman–Crippen MR) is 85.2 cm³/mol. The predicted octanol–water partition coefficient (Wildman–Crippen LogP) is 3.85. The Balaban J connectivity index is 2.05. The van der Waals surface area contributed by atoms with Gasteiger partial charge in [0.2, 0.25) is 0 Å². The van der Waals surface area contributed by atoms with E-state index in [-0.39, 0.29) is 0 Å². The first kappa shape index (κ1) is 15.1. The summed E-state index contributed by atoms with van der Waals surface area (Å²) in [4.78, 5) is 9.16. The van der Waals surface area contributed by atoms with Crippen molar-refractivity contribution in [1.82, 2.24) is 9.97 Å². The van der Waals surface area contributed by atoms with Gasteiger partial charge in [0.05, 0.1) is 0 Å². The van der Waals surface area contributed by atoms with E-state index in [1.54, 1.807) is 0 Å². The summed E-state index contributed by atoms with van der Waals surface area (Å²) in [5.41, 5.74) is 0. The van der Waals surface area contributed by atoms with E-state index < -0.39 is 0 Å². The lowest BCUT2D eigenvalue weighted by atomic mass is 9.84. The second-order valence-corrected chi connectivity index (χ2v) is 5.84. The summed E-state index contributed by atoms with van der Waals surface area (Å²) >= 11 is 0. The number of nitrogens with one attached hydrogen (secondary N) is 2. The first-order chi connectivity index (χ1) is 9.75. The summed E-state index contributed by atoms with van der Waals surface area (Å²) in [6.07, 6.45) is 8.57. The Morgan fingerprint density at radius 3 is 2.70 bits per heavy atom. The monoisotopic (exact) mass is 276 g/mol. The lowest BCUT2D eigenvalue weighted by Gasteiger charge is -2.29. The SMILES string of the molecule is CCCc1nc(NC)cc(NC2CCCC(CC)C2)n1. The topological polar surface area (TPSA) is 49.8 Å². The number of hydrogen-bond donors (Lipinski definition) is 2. The van der Waals surface area contributed by atoms with Crippen molar-refractivity contribution in [3.8, 4) is 0 Å². The molecule has 1 aliphatic carbocycles. The number of aryl methyl sites for hydroxylation is 1. The summed E-state index contributed by atoms with van der Waals surface area (Å²) in [6.45, 7) is 4.46. The summed E-state index contributed by atoms with van der Waals surface area (Å²) in [7, 11) is 1.91. The van der Waals surface area contributed by atoms with Gasteiger partial charge in [-0.3, -0.25) is 0 Å². The molecular weight excluding hydrogens is 248 g/mol. The van der Waals surface area contributed by atoms with Crippen LogP contribution in [0.2, 0.25) is 0 Å². The van der Waals surface area contributed by atoms with Crippen molar-refractivity contribution in [2.24, 2.45) is 5.92 Å². The van der Waals surface area contributed by atoms with E-state index in [9.17, 15) is 0 Å². The first-order valence-electron chi connectivity index (χ1n) is 8.07. The van der Waals surface area contributed by atoms with Gasteiger partial charge in [0.1, 0.15) is 17.5 Å². The maximum Gasteiger partial charge on any atom is 0.133 e. The van der Waals surface area contributed by atoms with Gasteiger partial charge in [-0.05, 0) is 25.2 Å². The standard InChI is InChI=1S/C16H28N4/c1-4-7-14-19-15(17-3)11-16(20-14)18-13-9-6-8-12(5-2)10-13/h11-13H,4-10H2,1-3H3,(H2,17,18,19,20). The molecule has 0 aromatic carbocycles. The molecule has 1 aromatic rings. The molecule has 4 nitrogen and oxygen atoms in total. The fraction of sp³-hybridized carbons (Fsp3) is 0.750. The lowest BCUT2D eigenvalue weighted by molar-refractivity contribution is 0.327. The third-order valence-electron chi connectivity index (χ3n) is 4.21. The highest BCUT2D eigenvalue weighted by Gasteiger charge is 2.21. The zero-order valence-electron chi connectivity index (χ0n) is 13.1. The van der Waals surface area contributed by atoms with Crippen LogP contribution in [0.4, 0.5) is 11.6 Å². The Kier molecular flexibility index (Phi) is 5.62. The average Bonchev–Trinajstić information content (AvgIpc) is 2.47. The number of rotatable bonds is 6. The summed E-state index contributed by atoms with van der Waals surface area (Å²) in [5, 5.41) is 6.76. The molecule has 2 rings (SSSR count). The van der Waals surface area contributed by atoms with Crippen LogP contribution in [-0.4, -0.2) is 23.1 Å². The number of aromatic nitrogens is 2. The lowest BCUT2D eigenvalue weighted by Crippen LogP contribution is -2.27. The van der Waals surface area contributed by atoms with Crippen molar-refractivity contribution in [3.05, 3.63) is 11.9 Å². The van der Waals surface area contributed by atoms with E-state index in [0.29, 0.717) is 6.04 Å². The van der Waals surface area contributed by atoms with Crippen molar-refractivity contribution in [2.75, 3.05) is 17.7 Å². The Hall–Kier alpha value is -1.32. The van der Waals surface area contributed by atoms with Crippen LogP contribution in [0, 0.1) is 5.92 Å². The molecule has 0 amide bonds. The molecule has 0 saturated heterocycles. The van der Waals surface area contributed by atoms with E-state index in [1.807, 2.05) is 13.1 Å². The minimum atomic E-state index is 0.572. The van der Waals surface area contributed by atoms with Crippen LogP contribution in [0.25, 0.3) is 0 Å². The average molecular weight is 276 g/mol. The number of hydrogen-bond acceptors (Lipinski definition) is 4. The minimum Gasteiger partial charge on any atom is -0.373 e. The Bertz CT molecular complexity index is 419. The summed E-state index contributed by atoms with van der Waals surface area (Å²) < 4.78 is 0. The summed E-state index contributed by atoms with van der Waals surface area (Å²) in [5.74, 6) is 3.70. The van der Waals surface area contributed by atoms with Gasteiger partial charge in [0, 0.05) is 25.6 Å². The smallest absolute Gasteiger partial charge is 0.133 e. The largest absolute Gasteiger partial charge is 0.373 e. The molecule has 1 fully saturated rings. The number of nitrogens with zero attached hydrogens (tertiary/aromatic N) is 2. The molecule has 0 aliphatic heterocycles. The fourth-order valence-corrected chi connectivity index (χ4v) is 3.04. The van der Waals surface area contributed by atoms with Crippen LogP contribution in [-0.2, 0) is 6.42 Å². The molecule has 4 heteroatoms. The van der Waals surface area contributed by atoms with Gasteiger partial charge in [-0.1, -0.05) is 33.1 Å². The molecule has 0 spiro atoms. The van der Waals surface area contributed by atoms with Crippen LogP contribution in [0.1, 0.15) is 58.2 Å². The molecule has 2 N–H and O–H groups in total. The molecular formula is C16H28N4. The van der Waals surface area contributed by atoms with Crippen LogP contribution < -0.4 is 10.6 Å². The normalized spacial score (nSPS) is 22.6. The molecule has 0 radical (unpaired) electrons. The molecule has 1 aromatic heterocycles. The Labute approximate surface area is 122 Å². The second-order valence-electron chi connectivity index (χ2n) is 5.84. The van der Waals surface area contributed by atoms with E-state index in [0.717, 1.165) is 36.2 Å². The van der Waals surface area contributed by atoms with Gasteiger partial charge in [0.25, 0.3) is 0 Å².